The van der Waals surface area contributed by atoms with Crippen molar-refractivity contribution in [3.05, 3.63) is 35.1 Å². The third-order valence-corrected chi connectivity index (χ3v) is 2.75. The van der Waals surface area contributed by atoms with E-state index in [1.54, 1.807) is 14.2 Å². The van der Waals surface area contributed by atoms with Crippen molar-refractivity contribution in [3.8, 4) is 0 Å². The monoisotopic (exact) mass is 208 g/mol. The second-order valence-corrected chi connectivity index (χ2v) is 3.79. The van der Waals surface area contributed by atoms with Gasteiger partial charge in [0.15, 0.2) is 6.29 Å². The van der Waals surface area contributed by atoms with Gasteiger partial charge in [-0.25, -0.2) is 0 Å². The van der Waals surface area contributed by atoms with Crippen LogP contribution in [0.4, 0.5) is 0 Å². The number of rotatable bonds is 2. The largest absolute Gasteiger partial charge is 0.501 e. The van der Waals surface area contributed by atoms with Crippen molar-refractivity contribution < 1.29 is 14.2 Å². The highest BCUT2D eigenvalue weighted by Gasteiger charge is 2.28. The van der Waals surface area contributed by atoms with Crippen LogP contribution in [0.15, 0.2) is 35.1 Å². The third kappa shape index (κ3) is 1.98. The van der Waals surface area contributed by atoms with E-state index in [-0.39, 0.29) is 12.4 Å². The lowest BCUT2D eigenvalue weighted by Crippen LogP contribution is -2.31. The molecule has 0 saturated carbocycles. The maximum absolute atomic E-state index is 5.80. The molecule has 3 heteroatoms. The number of ether oxygens (including phenoxy) is 3. The Balaban J connectivity index is 2.22. The van der Waals surface area contributed by atoms with Crippen LogP contribution < -0.4 is 0 Å². The fourth-order valence-electron chi connectivity index (χ4n) is 1.91. The molecule has 0 aromatic carbocycles. The summed E-state index contributed by atoms with van der Waals surface area (Å²) in [6.07, 6.45) is 6.80. The molecule has 0 bridgehead atoms. The Morgan fingerprint density at radius 3 is 2.80 bits per heavy atom. The number of hydrogen-bond acceptors (Lipinski definition) is 3. The number of hydrogen-bond donors (Lipinski definition) is 0. The molecule has 0 fully saturated rings. The van der Waals surface area contributed by atoms with Crippen molar-refractivity contribution in [2.24, 2.45) is 0 Å². The number of fused-ring (bicyclic) bond motifs is 1. The van der Waals surface area contributed by atoms with Crippen LogP contribution in [0, 0.1) is 0 Å². The van der Waals surface area contributed by atoms with E-state index in [1.165, 1.54) is 5.57 Å². The van der Waals surface area contributed by atoms with Gasteiger partial charge in [-0.15, -0.1) is 0 Å². The maximum Gasteiger partial charge on any atom is 0.180 e. The molecular formula is C12H16O3. The van der Waals surface area contributed by atoms with E-state index in [4.69, 9.17) is 14.2 Å². The lowest BCUT2D eigenvalue weighted by molar-refractivity contribution is -0.128. The van der Waals surface area contributed by atoms with E-state index in [0.29, 0.717) is 0 Å². The van der Waals surface area contributed by atoms with Crippen LogP contribution in [0.3, 0.4) is 0 Å². The van der Waals surface area contributed by atoms with Gasteiger partial charge in [0.05, 0.1) is 19.0 Å². The van der Waals surface area contributed by atoms with Gasteiger partial charge in [-0.05, 0) is 24.1 Å². The van der Waals surface area contributed by atoms with Gasteiger partial charge in [0.2, 0.25) is 0 Å². The van der Waals surface area contributed by atoms with Crippen molar-refractivity contribution >= 4 is 0 Å². The van der Waals surface area contributed by atoms with Gasteiger partial charge in [0.1, 0.15) is 0 Å². The zero-order chi connectivity index (χ0) is 10.8. The van der Waals surface area contributed by atoms with Crippen molar-refractivity contribution in [1.29, 1.82) is 0 Å². The van der Waals surface area contributed by atoms with Gasteiger partial charge in [-0.1, -0.05) is 12.2 Å². The molecule has 1 aliphatic heterocycles. The normalized spacial score (nSPS) is 29.9. The molecule has 1 heterocycles. The summed E-state index contributed by atoms with van der Waals surface area (Å²) in [4.78, 5) is 0. The molecule has 0 N–H and O–H groups in total. The predicted octanol–water partition coefficient (Wildman–Crippen LogP) is 2.16. The zero-order valence-electron chi connectivity index (χ0n) is 9.32. The van der Waals surface area contributed by atoms with E-state index in [1.807, 2.05) is 19.1 Å². The van der Waals surface area contributed by atoms with Crippen LogP contribution in [0.1, 0.15) is 13.3 Å². The molecule has 1 aliphatic carbocycles. The SMILES string of the molecule is COC1=CC=C2C=C(C)C(OC)OC2C1. The summed E-state index contributed by atoms with van der Waals surface area (Å²) in [7, 11) is 3.34. The summed E-state index contributed by atoms with van der Waals surface area (Å²) in [6, 6.07) is 0. The molecule has 0 aromatic rings. The Labute approximate surface area is 90.0 Å². The Morgan fingerprint density at radius 2 is 2.13 bits per heavy atom. The molecule has 2 unspecified atom stereocenters. The molecule has 2 atom stereocenters. The van der Waals surface area contributed by atoms with Gasteiger partial charge < -0.3 is 14.2 Å². The molecule has 0 amide bonds. The van der Waals surface area contributed by atoms with Crippen LogP contribution in [0.2, 0.25) is 0 Å². The van der Waals surface area contributed by atoms with Crippen LogP contribution in [0.25, 0.3) is 0 Å². The Kier molecular flexibility index (Phi) is 2.93. The summed E-state index contributed by atoms with van der Waals surface area (Å²) in [5.41, 5.74) is 2.30. The van der Waals surface area contributed by atoms with Gasteiger partial charge >= 0.3 is 0 Å². The highest BCUT2D eigenvalue weighted by Crippen LogP contribution is 2.30. The lowest BCUT2D eigenvalue weighted by Gasteiger charge is -2.32. The zero-order valence-corrected chi connectivity index (χ0v) is 9.32. The average molecular weight is 208 g/mol. The van der Waals surface area contributed by atoms with Gasteiger partial charge in [-0.2, -0.15) is 0 Å². The second kappa shape index (κ2) is 4.21. The van der Waals surface area contributed by atoms with Gasteiger partial charge in [0, 0.05) is 13.5 Å². The minimum Gasteiger partial charge on any atom is -0.501 e. The number of methoxy groups -OCH3 is 2. The minimum absolute atomic E-state index is 0.0681. The molecule has 0 radical (unpaired) electrons. The van der Waals surface area contributed by atoms with E-state index in [0.717, 1.165) is 17.8 Å². The smallest absolute Gasteiger partial charge is 0.180 e. The van der Waals surface area contributed by atoms with Crippen LogP contribution in [-0.4, -0.2) is 26.6 Å². The first-order chi connectivity index (χ1) is 7.24. The van der Waals surface area contributed by atoms with Gasteiger partial charge in [-0.3, -0.25) is 0 Å². The van der Waals surface area contributed by atoms with E-state index >= 15 is 0 Å². The molecule has 0 saturated heterocycles. The first-order valence-corrected chi connectivity index (χ1v) is 5.05. The Hall–Kier alpha value is -1.06. The fourth-order valence-corrected chi connectivity index (χ4v) is 1.91. The Bertz CT molecular complexity index is 336. The molecule has 0 aromatic heterocycles. The van der Waals surface area contributed by atoms with Crippen LogP contribution in [-0.2, 0) is 14.2 Å². The topological polar surface area (TPSA) is 27.7 Å². The Morgan fingerprint density at radius 1 is 1.33 bits per heavy atom. The van der Waals surface area contributed by atoms with Crippen LogP contribution in [0.5, 0.6) is 0 Å². The summed E-state index contributed by atoms with van der Waals surface area (Å²) in [5.74, 6) is 0.951. The van der Waals surface area contributed by atoms with E-state index < -0.39 is 0 Å². The van der Waals surface area contributed by atoms with Crippen molar-refractivity contribution in [3.63, 3.8) is 0 Å². The minimum atomic E-state index is -0.219. The molecular weight excluding hydrogens is 192 g/mol. The number of allylic oxidation sites excluding steroid dienone is 2. The molecule has 15 heavy (non-hydrogen) atoms. The highest BCUT2D eigenvalue weighted by molar-refractivity contribution is 5.37. The van der Waals surface area contributed by atoms with E-state index in [2.05, 4.69) is 6.08 Å². The van der Waals surface area contributed by atoms with Crippen LogP contribution >= 0.6 is 0 Å². The standard InChI is InChI=1S/C12H16O3/c1-8-6-9-4-5-10(13-2)7-11(9)15-12(8)14-3/h4-6,11-12H,7H2,1-3H3. The van der Waals surface area contributed by atoms with Crippen molar-refractivity contribution in [2.45, 2.75) is 25.7 Å². The average Bonchev–Trinajstić information content (AvgIpc) is 2.27. The molecule has 3 nitrogen and oxygen atoms in total. The molecule has 2 rings (SSSR count). The van der Waals surface area contributed by atoms with Gasteiger partial charge in [0.25, 0.3) is 0 Å². The maximum atomic E-state index is 5.80. The molecule has 82 valence electrons. The summed E-state index contributed by atoms with van der Waals surface area (Å²) >= 11 is 0. The summed E-state index contributed by atoms with van der Waals surface area (Å²) < 4.78 is 16.3. The van der Waals surface area contributed by atoms with Crippen molar-refractivity contribution in [2.75, 3.05) is 14.2 Å². The van der Waals surface area contributed by atoms with Crippen molar-refractivity contribution in [1.82, 2.24) is 0 Å². The summed E-state index contributed by atoms with van der Waals surface area (Å²) in [6.45, 7) is 2.01. The second-order valence-electron chi connectivity index (χ2n) is 3.79. The molecule has 0 spiro atoms. The first kappa shape index (κ1) is 10.5. The predicted molar refractivity (Wildman–Crippen MR) is 57.2 cm³/mol. The third-order valence-electron chi connectivity index (χ3n) is 2.75. The van der Waals surface area contributed by atoms with E-state index in [9.17, 15) is 0 Å². The molecule has 2 aliphatic rings. The fraction of sp³-hybridized carbons (Fsp3) is 0.500. The first-order valence-electron chi connectivity index (χ1n) is 5.05. The quantitative estimate of drug-likeness (QED) is 0.696. The lowest BCUT2D eigenvalue weighted by atomic mass is 9.95. The summed E-state index contributed by atoms with van der Waals surface area (Å²) in [5, 5.41) is 0. The highest BCUT2D eigenvalue weighted by atomic mass is 16.7.